The minimum absolute atomic E-state index is 0.138. The molecule has 1 aliphatic rings. The molecule has 0 atom stereocenters. The number of amides is 2. The molecule has 0 saturated heterocycles. The molecule has 0 aromatic heterocycles. The largest absolute Gasteiger partial charge is 0.465 e. The summed E-state index contributed by atoms with van der Waals surface area (Å²) in [6, 6.07) is 21.6. The number of rotatable bonds is 6. The molecular weight excluding hydrogens is 436 g/mol. The van der Waals surface area contributed by atoms with Gasteiger partial charge in [-0.25, -0.2) is 9.69 Å². The molecule has 1 N–H and O–H groups in total. The lowest BCUT2D eigenvalue weighted by Gasteiger charge is -2.18. The second-order valence-electron chi connectivity index (χ2n) is 7.51. The van der Waals surface area contributed by atoms with Gasteiger partial charge in [-0.2, -0.15) is 0 Å². The molecule has 0 bridgehead atoms. The molecule has 0 saturated carbocycles. The van der Waals surface area contributed by atoms with Crippen LogP contribution in [0, 0.1) is 13.8 Å². The van der Waals surface area contributed by atoms with Crippen LogP contribution >= 0.6 is 11.8 Å². The first-order valence-electron chi connectivity index (χ1n) is 10.3. The fourth-order valence-corrected chi connectivity index (χ4v) is 4.38. The molecule has 33 heavy (non-hydrogen) atoms. The number of carbonyl (C=O) groups is 3. The number of benzene rings is 3. The van der Waals surface area contributed by atoms with Gasteiger partial charge in [0.15, 0.2) is 0 Å². The van der Waals surface area contributed by atoms with Crippen LogP contribution in [0.15, 0.2) is 88.3 Å². The van der Waals surface area contributed by atoms with Crippen molar-refractivity contribution in [2.45, 2.75) is 18.7 Å². The molecular formula is C26H22N2O4S. The van der Waals surface area contributed by atoms with E-state index in [9.17, 15) is 14.4 Å². The Kier molecular flexibility index (Phi) is 6.33. The highest BCUT2D eigenvalue weighted by molar-refractivity contribution is 8.04. The van der Waals surface area contributed by atoms with Gasteiger partial charge in [-0.05, 0) is 49.7 Å². The number of esters is 1. The Morgan fingerprint density at radius 1 is 0.879 bits per heavy atom. The number of carbonyl (C=O) groups excluding carboxylic acids is 3. The van der Waals surface area contributed by atoms with E-state index in [4.69, 9.17) is 4.74 Å². The normalized spacial score (nSPS) is 13.5. The van der Waals surface area contributed by atoms with Gasteiger partial charge in [-0.3, -0.25) is 9.59 Å². The number of thioether (sulfide) groups is 1. The first-order valence-corrected chi connectivity index (χ1v) is 11.1. The van der Waals surface area contributed by atoms with E-state index in [-0.39, 0.29) is 21.9 Å². The van der Waals surface area contributed by atoms with Gasteiger partial charge in [-0.1, -0.05) is 59.8 Å². The van der Waals surface area contributed by atoms with Crippen LogP contribution < -0.4 is 10.2 Å². The Hall–Kier alpha value is -3.84. The van der Waals surface area contributed by atoms with Crippen LogP contribution in [0.25, 0.3) is 0 Å². The Labute approximate surface area is 196 Å². The van der Waals surface area contributed by atoms with Crippen LogP contribution in [0.4, 0.5) is 11.4 Å². The molecule has 0 fully saturated rings. The van der Waals surface area contributed by atoms with Crippen LogP contribution in [-0.2, 0) is 14.3 Å². The average Bonchev–Trinajstić information content (AvgIpc) is 3.05. The first kappa shape index (κ1) is 22.4. The number of nitrogens with zero attached hydrogens (tertiary/aromatic N) is 1. The van der Waals surface area contributed by atoms with Gasteiger partial charge in [0.25, 0.3) is 11.8 Å². The van der Waals surface area contributed by atoms with Crippen LogP contribution in [0.3, 0.4) is 0 Å². The van der Waals surface area contributed by atoms with Gasteiger partial charge < -0.3 is 10.1 Å². The zero-order valence-corrected chi connectivity index (χ0v) is 19.2. The maximum absolute atomic E-state index is 13.6. The number of hydrogen-bond donors (Lipinski definition) is 1. The second kappa shape index (κ2) is 9.34. The number of ether oxygens (including phenoxy) is 1. The minimum Gasteiger partial charge on any atom is -0.465 e. The summed E-state index contributed by atoms with van der Waals surface area (Å²) in [5.41, 5.74) is 3.23. The summed E-state index contributed by atoms with van der Waals surface area (Å²) in [5.74, 6) is -1.66. The number of hydrogen-bond acceptors (Lipinski definition) is 6. The lowest BCUT2D eigenvalue weighted by atomic mass is 10.1. The summed E-state index contributed by atoms with van der Waals surface area (Å²) in [4.78, 5) is 41.6. The van der Waals surface area contributed by atoms with Crippen molar-refractivity contribution in [1.29, 1.82) is 0 Å². The highest BCUT2D eigenvalue weighted by atomic mass is 32.2. The SMILES string of the molecule is COC(=O)c1ccccc1N1C(=O)C(Nc2ccccc2C)=C(Sc2ccc(C)cc2)C1=O. The van der Waals surface area contributed by atoms with E-state index in [1.165, 1.54) is 24.9 Å². The first-order chi connectivity index (χ1) is 15.9. The summed E-state index contributed by atoms with van der Waals surface area (Å²) in [5, 5.41) is 3.16. The topological polar surface area (TPSA) is 75.7 Å². The van der Waals surface area contributed by atoms with Crippen LogP contribution in [0.5, 0.6) is 0 Å². The Morgan fingerprint density at radius 2 is 1.55 bits per heavy atom. The standard InChI is InChI=1S/C26H22N2O4S/c1-16-12-14-18(15-13-16)33-23-22(27-20-10-6-4-8-17(20)2)24(29)28(25(23)30)21-11-7-5-9-19(21)26(31)32-3/h4-15,27H,1-3H3. The molecule has 0 aliphatic carbocycles. The molecule has 0 spiro atoms. The number of para-hydroxylation sites is 2. The van der Waals surface area contributed by atoms with Crippen molar-refractivity contribution in [2.75, 3.05) is 17.3 Å². The summed E-state index contributed by atoms with van der Waals surface area (Å²) in [6.45, 7) is 3.90. The summed E-state index contributed by atoms with van der Waals surface area (Å²) in [7, 11) is 1.26. The van der Waals surface area contributed by atoms with Crippen molar-refractivity contribution in [3.8, 4) is 0 Å². The molecule has 0 unspecified atom stereocenters. The number of anilines is 2. The Bertz CT molecular complexity index is 1280. The molecule has 6 nitrogen and oxygen atoms in total. The second-order valence-corrected chi connectivity index (χ2v) is 8.60. The van der Waals surface area contributed by atoms with Gasteiger partial charge in [0.05, 0.1) is 18.4 Å². The Morgan fingerprint density at radius 3 is 2.24 bits per heavy atom. The minimum atomic E-state index is -0.626. The Balaban J connectivity index is 1.80. The maximum Gasteiger partial charge on any atom is 0.339 e. The predicted octanol–water partition coefficient (Wildman–Crippen LogP) is 5.08. The van der Waals surface area contributed by atoms with Gasteiger partial charge in [0, 0.05) is 10.6 Å². The van der Waals surface area contributed by atoms with Crippen molar-refractivity contribution >= 4 is 40.9 Å². The highest BCUT2D eigenvalue weighted by Gasteiger charge is 2.41. The third-order valence-corrected chi connectivity index (χ3v) is 6.33. The van der Waals surface area contributed by atoms with E-state index in [0.29, 0.717) is 0 Å². The number of nitrogens with one attached hydrogen (secondary N) is 1. The molecule has 7 heteroatoms. The van der Waals surface area contributed by atoms with Crippen molar-refractivity contribution in [3.63, 3.8) is 0 Å². The molecule has 3 aromatic carbocycles. The zero-order chi connectivity index (χ0) is 23.5. The lowest BCUT2D eigenvalue weighted by molar-refractivity contribution is -0.120. The third-order valence-electron chi connectivity index (χ3n) is 5.24. The highest BCUT2D eigenvalue weighted by Crippen LogP contribution is 2.39. The fraction of sp³-hybridized carbons (Fsp3) is 0.115. The van der Waals surface area contributed by atoms with Crippen LogP contribution in [0.1, 0.15) is 21.5 Å². The smallest absolute Gasteiger partial charge is 0.339 e. The van der Waals surface area contributed by atoms with Gasteiger partial charge in [0.1, 0.15) is 10.6 Å². The third kappa shape index (κ3) is 4.40. The van der Waals surface area contributed by atoms with E-state index in [1.807, 2.05) is 62.4 Å². The molecule has 166 valence electrons. The average molecular weight is 459 g/mol. The molecule has 1 heterocycles. The molecule has 3 aromatic rings. The van der Waals surface area contributed by atoms with Crippen molar-refractivity contribution in [1.82, 2.24) is 0 Å². The van der Waals surface area contributed by atoms with Crippen LogP contribution in [0.2, 0.25) is 0 Å². The zero-order valence-electron chi connectivity index (χ0n) is 18.4. The summed E-state index contributed by atoms with van der Waals surface area (Å²) < 4.78 is 4.86. The molecule has 0 radical (unpaired) electrons. The van der Waals surface area contributed by atoms with Crippen LogP contribution in [-0.4, -0.2) is 24.9 Å². The van der Waals surface area contributed by atoms with E-state index in [2.05, 4.69) is 5.32 Å². The summed E-state index contributed by atoms with van der Waals surface area (Å²) >= 11 is 1.21. The molecule has 4 rings (SSSR count). The molecule has 2 amide bonds. The quantitative estimate of drug-likeness (QED) is 0.410. The number of methoxy groups -OCH3 is 1. The fourth-order valence-electron chi connectivity index (χ4n) is 3.46. The maximum atomic E-state index is 13.6. The van der Waals surface area contributed by atoms with Crippen molar-refractivity contribution < 1.29 is 19.1 Å². The van der Waals surface area contributed by atoms with E-state index in [1.54, 1.807) is 18.2 Å². The van der Waals surface area contributed by atoms with Gasteiger partial charge >= 0.3 is 5.97 Å². The monoisotopic (exact) mass is 458 g/mol. The van der Waals surface area contributed by atoms with Crippen molar-refractivity contribution in [3.05, 3.63) is 100 Å². The van der Waals surface area contributed by atoms with E-state index < -0.39 is 17.8 Å². The number of imide groups is 1. The van der Waals surface area contributed by atoms with E-state index >= 15 is 0 Å². The van der Waals surface area contributed by atoms with Gasteiger partial charge in [-0.15, -0.1) is 0 Å². The lowest BCUT2D eigenvalue weighted by Crippen LogP contribution is -2.33. The van der Waals surface area contributed by atoms with Gasteiger partial charge in [0.2, 0.25) is 0 Å². The van der Waals surface area contributed by atoms with Crippen molar-refractivity contribution in [2.24, 2.45) is 0 Å². The predicted molar refractivity (Wildman–Crippen MR) is 129 cm³/mol. The molecule has 1 aliphatic heterocycles. The van der Waals surface area contributed by atoms with E-state index in [0.717, 1.165) is 26.6 Å². The number of aryl methyl sites for hydroxylation is 2. The summed E-state index contributed by atoms with van der Waals surface area (Å²) in [6.07, 6.45) is 0.